The Hall–Kier alpha value is -4.23. The number of rotatable bonds is 9. The number of para-hydroxylation sites is 1. The van der Waals surface area contributed by atoms with E-state index in [9.17, 15) is 14.7 Å². The van der Waals surface area contributed by atoms with E-state index in [-0.39, 0.29) is 24.8 Å². The second-order valence-electron chi connectivity index (χ2n) is 7.91. The van der Waals surface area contributed by atoms with Crippen molar-refractivity contribution in [1.29, 1.82) is 0 Å². The van der Waals surface area contributed by atoms with E-state index >= 15 is 0 Å². The van der Waals surface area contributed by atoms with Gasteiger partial charge in [-0.3, -0.25) is 9.59 Å². The molecule has 0 saturated carbocycles. The monoisotopic (exact) mass is 454 g/mol. The number of imidazole rings is 1. The van der Waals surface area contributed by atoms with Gasteiger partial charge in [-0.15, -0.1) is 0 Å². The minimum atomic E-state index is -0.502. The Morgan fingerprint density at radius 1 is 0.941 bits per heavy atom. The van der Waals surface area contributed by atoms with Crippen LogP contribution in [0.25, 0.3) is 11.1 Å². The Balaban J connectivity index is 1.46. The van der Waals surface area contributed by atoms with Gasteiger partial charge in [0.15, 0.2) is 0 Å². The van der Waals surface area contributed by atoms with E-state index in [1.807, 2.05) is 54.6 Å². The van der Waals surface area contributed by atoms with Crippen molar-refractivity contribution in [3.63, 3.8) is 0 Å². The maximum atomic E-state index is 12.9. The second kappa shape index (κ2) is 11.1. The van der Waals surface area contributed by atoms with Crippen molar-refractivity contribution in [3.05, 3.63) is 108 Å². The maximum absolute atomic E-state index is 12.9. The van der Waals surface area contributed by atoms with E-state index in [0.29, 0.717) is 17.7 Å². The first-order valence-corrected chi connectivity index (χ1v) is 11.1. The molecule has 34 heavy (non-hydrogen) atoms. The van der Waals surface area contributed by atoms with Crippen LogP contribution in [0.1, 0.15) is 21.6 Å². The first-order valence-electron chi connectivity index (χ1n) is 11.1. The molecule has 2 amide bonds. The predicted octanol–water partition coefficient (Wildman–Crippen LogP) is 3.59. The molecule has 1 aromatic heterocycles. The number of aliphatic hydroxyl groups excluding tert-OH is 1. The van der Waals surface area contributed by atoms with E-state index in [0.717, 1.165) is 22.4 Å². The summed E-state index contributed by atoms with van der Waals surface area (Å²) in [7, 11) is 0. The topological polar surface area (TPSA) is 107 Å². The van der Waals surface area contributed by atoms with Crippen molar-refractivity contribution in [2.45, 2.75) is 18.9 Å². The minimum absolute atomic E-state index is 0.166. The van der Waals surface area contributed by atoms with Crippen LogP contribution in [0.15, 0.2) is 91.4 Å². The van der Waals surface area contributed by atoms with Crippen molar-refractivity contribution in [2.24, 2.45) is 0 Å². The Kier molecular flexibility index (Phi) is 7.47. The van der Waals surface area contributed by atoms with Crippen molar-refractivity contribution in [2.75, 3.05) is 11.9 Å². The van der Waals surface area contributed by atoms with Crippen LogP contribution in [-0.2, 0) is 17.6 Å². The first-order chi connectivity index (χ1) is 16.6. The summed E-state index contributed by atoms with van der Waals surface area (Å²) in [5.41, 5.74) is 4.41. The molecule has 4 aromatic rings. The van der Waals surface area contributed by atoms with E-state index in [2.05, 4.69) is 20.6 Å². The maximum Gasteiger partial charge on any atom is 0.253 e. The lowest BCUT2D eigenvalue weighted by molar-refractivity contribution is -0.115. The Bertz CT molecular complexity index is 1240. The van der Waals surface area contributed by atoms with Crippen molar-refractivity contribution in [1.82, 2.24) is 15.3 Å². The third-order valence-electron chi connectivity index (χ3n) is 5.46. The lowest BCUT2D eigenvalue weighted by Gasteiger charge is -2.17. The predicted molar refractivity (Wildman–Crippen MR) is 131 cm³/mol. The van der Waals surface area contributed by atoms with Gasteiger partial charge in [0.25, 0.3) is 5.91 Å². The minimum Gasteiger partial charge on any atom is -0.394 e. The number of H-pyrrole nitrogens is 1. The van der Waals surface area contributed by atoms with Crippen molar-refractivity contribution in [3.8, 4) is 11.1 Å². The van der Waals surface area contributed by atoms with E-state index in [4.69, 9.17) is 0 Å². The molecule has 0 aliphatic carbocycles. The van der Waals surface area contributed by atoms with Gasteiger partial charge in [0.05, 0.1) is 42.3 Å². The molecule has 172 valence electrons. The highest BCUT2D eigenvalue weighted by Gasteiger charge is 2.18. The SMILES string of the molecule is O=C(Cc1ccccc1-c1ccccc1)Nc1ccccc1C(=O)N[C@H](CO)Cc1c[nH]cn1. The molecule has 7 nitrogen and oxygen atoms in total. The number of aromatic amines is 1. The van der Waals surface area contributed by atoms with Crippen molar-refractivity contribution < 1.29 is 14.7 Å². The molecule has 0 unspecified atom stereocenters. The largest absolute Gasteiger partial charge is 0.394 e. The van der Waals surface area contributed by atoms with Gasteiger partial charge >= 0.3 is 0 Å². The summed E-state index contributed by atoms with van der Waals surface area (Å²) in [4.78, 5) is 32.9. The molecule has 0 aliphatic heterocycles. The molecule has 0 bridgehead atoms. The molecule has 0 radical (unpaired) electrons. The molecule has 3 aromatic carbocycles. The van der Waals surface area contributed by atoms with E-state index in [1.54, 1.807) is 36.8 Å². The molecule has 7 heteroatoms. The average Bonchev–Trinajstić information content (AvgIpc) is 3.38. The zero-order valence-electron chi connectivity index (χ0n) is 18.6. The van der Waals surface area contributed by atoms with Gasteiger partial charge < -0.3 is 20.7 Å². The van der Waals surface area contributed by atoms with Gasteiger partial charge in [-0.2, -0.15) is 0 Å². The van der Waals surface area contributed by atoms with Crippen LogP contribution < -0.4 is 10.6 Å². The standard InChI is InChI=1S/C27H26N4O3/c32-17-22(15-21-16-28-18-29-21)30-27(34)24-12-6-7-13-25(24)31-26(33)14-20-10-4-5-11-23(20)19-8-2-1-3-9-19/h1-13,16,18,22,32H,14-15,17H2,(H,28,29)(H,30,34)(H,31,33)/t22-/m0/s1. The molecule has 0 saturated heterocycles. The van der Waals surface area contributed by atoms with Gasteiger partial charge in [-0.05, 0) is 28.8 Å². The summed E-state index contributed by atoms with van der Waals surface area (Å²) in [6, 6.07) is 24.0. The van der Waals surface area contributed by atoms with Gasteiger partial charge in [0.1, 0.15) is 0 Å². The summed E-state index contributed by atoms with van der Waals surface area (Å²) in [6.07, 6.45) is 3.82. The molecule has 0 spiro atoms. The number of hydrogen-bond donors (Lipinski definition) is 4. The van der Waals surface area contributed by atoms with Gasteiger partial charge in [0.2, 0.25) is 5.91 Å². The highest BCUT2D eigenvalue weighted by atomic mass is 16.3. The molecule has 0 aliphatic rings. The number of carbonyl (C=O) groups excluding carboxylic acids is 2. The van der Waals surface area contributed by atoms with E-state index < -0.39 is 6.04 Å². The average molecular weight is 455 g/mol. The summed E-state index contributed by atoms with van der Waals surface area (Å²) < 4.78 is 0. The molecule has 1 atom stereocenters. The number of benzene rings is 3. The first kappa shape index (κ1) is 22.9. The normalized spacial score (nSPS) is 11.6. The zero-order valence-corrected chi connectivity index (χ0v) is 18.6. The summed E-state index contributed by atoms with van der Waals surface area (Å²) in [5, 5.41) is 15.4. The quantitative estimate of drug-likeness (QED) is 0.310. The van der Waals surface area contributed by atoms with Gasteiger partial charge in [0, 0.05) is 12.6 Å². The summed E-state index contributed by atoms with van der Waals surface area (Å²) in [5.74, 6) is -0.603. The van der Waals surface area contributed by atoms with Gasteiger partial charge in [-0.1, -0.05) is 66.7 Å². The molecule has 0 fully saturated rings. The highest BCUT2D eigenvalue weighted by Crippen LogP contribution is 2.24. The lowest BCUT2D eigenvalue weighted by atomic mass is 9.97. The zero-order chi connectivity index (χ0) is 23.8. The number of nitrogens with one attached hydrogen (secondary N) is 3. The van der Waals surface area contributed by atoms with Crippen LogP contribution in [-0.4, -0.2) is 39.5 Å². The fraction of sp³-hybridized carbons (Fsp3) is 0.148. The van der Waals surface area contributed by atoms with Crippen LogP contribution in [0.3, 0.4) is 0 Å². The summed E-state index contributed by atoms with van der Waals surface area (Å²) >= 11 is 0. The Labute approximate surface area is 197 Å². The number of carbonyl (C=O) groups is 2. The number of hydrogen-bond acceptors (Lipinski definition) is 4. The van der Waals surface area contributed by atoms with Crippen LogP contribution >= 0.6 is 0 Å². The highest BCUT2D eigenvalue weighted by molar-refractivity contribution is 6.04. The smallest absolute Gasteiger partial charge is 0.253 e. The van der Waals surface area contributed by atoms with Crippen LogP contribution in [0, 0.1) is 0 Å². The molecular weight excluding hydrogens is 428 g/mol. The molecule has 4 N–H and O–H groups in total. The Morgan fingerprint density at radius 3 is 2.44 bits per heavy atom. The van der Waals surface area contributed by atoms with Crippen LogP contribution in [0.5, 0.6) is 0 Å². The molecule has 4 rings (SSSR count). The number of nitrogens with zero attached hydrogens (tertiary/aromatic N) is 1. The number of aromatic nitrogens is 2. The third kappa shape index (κ3) is 5.76. The van der Waals surface area contributed by atoms with Crippen molar-refractivity contribution >= 4 is 17.5 Å². The Morgan fingerprint density at radius 2 is 1.68 bits per heavy atom. The number of aliphatic hydroxyl groups is 1. The summed E-state index contributed by atoms with van der Waals surface area (Å²) in [6.45, 7) is -0.233. The van der Waals surface area contributed by atoms with E-state index in [1.165, 1.54) is 0 Å². The second-order valence-corrected chi connectivity index (χ2v) is 7.91. The fourth-order valence-electron chi connectivity index (χ4n) is 3.81. The lowest BCUT2D eigenvalue weighted by Crippen LogP contribution is -2.39. The fourth-order valence-corrected chi connectivity index (χ4v) is 3.81. The number of anilines is 1. The van der Waals surface area contributed by atoms with Crippen LogP contribution in [0.2, 0.25) is 0 Å². The van der Waals surface area contributed by atoms with Crippen LogP contribution in [0.4, 0.5) is 5.69 Å². The molecule has 1 heterocycles. The molecular formula is C27H26N4O3. The van der Waals surface area contributed by atoms with Gasteiger partial charge in [-0.25, -0.2) is 4.98 Å². The number of amides is 2. The third-order valence-corrected chi connectivity index (χ3v) is 5.46.